The standard InChI is InChI=1S/C7H13NO/c1-4-6-2-5(8-4)3-7(6)9/h4-9H,2-3H2,1H3/t4-,5+,6+,7-/m0/s1. The van der Waals surface area contributed by atoms with Crippen molar-refractivity contribution in [1.82, 2.24) is 5.32 Å². The second-order valence-corrected chi connectivity index (χ2v) is 3.35. The molecule has 0 spiro atoms. The second kappa shape index (κ2) is 1.70. The first-order valence-electron chi connectivity index (χ1n) is 3.71. The molecule has 0 aromatic heterocycles. The SMILES string of the molecule is C[C@@H]1N[C@@H]2C[C@H]1[C@@H](O)C2. The van der Waals surface area contributed by atoms with Crippen molar-refractivity contribution in [1.29, 1.82) is 0 Å². The van der Waals surface area contributed by atoms with E-state index in [1.54, 1.807) is 0 Å². The topological polar surface area (TPSA) is 32.3 Å². The van der Waals surface area contributed by atoms with Gasteiger partial charge in [-0.25, -0.2) is 0 Å². The molecule has 0 aromatic carbocycles. The van der Waals surface area contributed by atoms with Crippen molar-refractivity contribution < 1.29 is 5.11 Å². The molecule has 9 heavy (non-hydrogen) atoms. The quantitative estimate of drug-likeness (QED) is 0.484. The normalized spacial score (nSPS) is 56.7. The van der Waals surface area contributed by atoms with Gasteiger partial charge in [-0.1, -0.05) is 0 Å². The summed E-state index contributed by atoms with van der Waals surface area (Å²) in [4.78, 5) is 0. The van der Waals surface area contributed by atoms with Crippen LogP contribution < -0.4 is 5.32 Å². The molecular formula is C7H13NO. The van der Waals surface area contributed by atoms with Gasteiger partial charge in [0.1, 0.15) is 0 Å². The second-order valence-electron chi connectivity index (χ2n) is 3.35. The molecule has 2 heteroatoms. The summed E-state index contributed by atoms with van der Waals surface area (Å²) in [5.41, 5.74) is 0. The van der Waals surface area contributed by atoms with E-state index in [4.69, 9.17) is 0 Å². The fourth-order valence-corrected chi connectivity index (χ4v) is 2.22. The molecule has 1 aliphatic carbocycles. The van der Waals surface area contributed by atoms with E-state index in [9.17, 15) is 5.11 Å². The van der Waals surface area contributed by atoms with E-state index in [2.05, 4.69) is 12.2 Å². The Balaban J connectivity index is 2.13. The third kappa shape index (κ3) is 0.700. The van der Waals surface area contributed by atoms with Crippen molar-refractivity contribution in [3.63, 3.8) is 0 Å². The van der Waals surface area contributed by atoms with Gasteiger partial charge in [-0.15, -0.1) is 0 Å². The van der Waals surface area contributed by atoms with E-state index in [1.807, 2.05) is 0 Å². The predicted molar refractivity (Wildman–Crippen MR) is 35.1 cm³/mol. The summed E-state index contributed by atoms with van der Waals surface area (Å²) in [6.07, 6.45) is 2.17. The molecule has 1 saturated heterocycles. The first kappa shape index (κ1) is 5.69. The highest BCUT2D eigenvalue weighted by molar-refractivity contribution is 4.99. The summed E-state index contributed by atoms with van der Waals surface area (Å²) in [6.45, 7) is 2.16. The summed E-state index contributed by atoms with van der Waals surface area (Å²) >= 11 is 0. The average molecular weight is 127 g/mol. The number of aliphatic hydroxyl groups is 1. The lowest BCUT2D eigenvalue weighted by Gasteiger charge is -2.23. The van der Waals surface area contributed by atoms with Crippen molar-refractivity contribution in [3.05, 3.63) is 0 Å². The summed E-state index contributed by atoms with van der Waals surface area (Å²) in [5.74, 6) is 0.551. The Morgan fingerprint density at radius 3 is 2.56 bits per heavy atom. The lowest BCUT2D eigenvalue weighted by Crippen LogP contribution is -2.39. The molecule has 0 radical (unpaired) electrons. The fraction of sp³-hybridized carbons (Fsp3) is 1.00. The van der Waals surface area contributed by atoms with Crippen molar-refractivity contribution in [2.24, 2.45) is 5.92 Å². The van der Waals surface area contributed by atoms with Crippen molar-refractivity contribution >= 4 is 0 Å². The van der Waals surface area contributed by atoms with Gasteiger partial charge in [-0.2, -0.15) is 0 Å². The van der Waals surface area contributed by atoms with Gasteiger partial charge >= 0.3 is 0 Å². The molecule has 2 bridgehead atoms. The third-order valence-electron chi connectivity index (χ3n) is 2.72. The van der Waals surface area contributed by atoms with Crippen LogP contribution in [0.25, 0.3) is 0 Å². The van der Waals surface area contributed by atoms with Crippen LogP contribution in [0.5, 0.6) is 0 Å². The molecule has 2 fully saturated rings. The molecule has 0 aromatic rings. The lowest BCUT2D eigenvalue weighted by atomic mass is 9.99. The van der Waals surface area contributed by atoms with Crippen LogP contribution in [0.4, 0.5) is 0 Å². The molecule has 1 aliphatic heterocycles. The smallest absolute Gasteiger partial charge is 0.0598 e. The number of hydrogen-bond acceptors (Lipinski definition) is 2. The monoisotopic (exact) mass is 127 g/mol. The maximum atomic E-state index is 9.35. The molecule has 0 amide bonds. The molecule has 4 atom stereocenters. The Labute approximate surface area is 55.3 Å². The third-order valence-corrected chi connectivity index (χ3v) is 2.72. The summed E-state index contributed by atoms with van der Waals surface area (Å²) in [7, 11) is 0. The van der Waals surface area contributed by atoms with Gasteiger partial charge in [0.05, 0.1) is 6.10 Å². The molecule has 1 saturated carbocycles. The van der Waals surface area contributed by atoms with E-state index in [-0.39, 0.29) is 6.10 Å². The number of hydrogen-bond donors (Lipinski definition) is 2. The maximum absolute atomic E-state index is 9.35. The van der Waals surface area contributed by atoms with Gasteiger partial charge in [0.15, 0.2) is 0 Å². The summed E-state index contributed by atoms with van der Waals surface area (Å²) in [6, 6.07) is 1.18. The lowest BCUT2D eigenvalue weighted by molar-refractivity contribution is 0.102. The van der Waals surface area contributed by atoms with Crippen LogP contribution >= 0.6 is 0 Å². The number of piperidine rings is 1. The van der Waals surface area contributed by atoms with Crippen LogP contribution in [0, 0.1) is 5.92 Å². The maximum Gasteiger partial charge on any atom is 0.0598 e. The number of aliphatic hydroxyl groups excluding tert-OH is 1. The van der Waals surface area contributed by atoms with Gasteiger partial charge in [-0.05, 0) is 19.8 Å². The summed E-state index contributed by atoms with van der Waals surface area (Å²) in [5, 5.41) is 12.8. The highest BCUT2D eigenvalue weighted by Gasteiger charge is 2.42. The minimum Gasteiger partial charge on any atom is -0.393 e. The zero-order valence-electron chi connectivity index (χ0n) is 5.67. The molecule has 1 heterocycles. The van der Waals surface area contributed by atoms with Gasteiger partial charge in [0, 0.05) is 18.0 Å². The first-order valence-corrected chi connectivity index (χ1v) is 3.71. The van der Waals surface area contributed by atoms with E-state index in [1.165, 1.54) is 6.42 Å². The molecule has 0 unspecified atom stereocenters. The van der Waals surface area contributed by atoms with Crippen LogP contribution in [0.3, 0.4) is 0 Å². The van der Waals surface area contributed by atoms with Crippen LogP contribution in [0.1, 0.15) is 19.8 Å². The summed E-state index contributed by atoms with van der Waals surface area (Å²) < 4.78 is 0. The van der Waals surface area contributed by atoms with E-state index in [0.29, 0.717) is 18.0 Å². The Hall–Kier alpha value is -0.0800. The zero-order valence-corrected chi connectivity index (χ0v) is 5.67. The van der Waals surface area contributed by atoms with Crippen molar-refractivity contribution in [3.8, 4) is 0 Å². The van der Waals surface area contributed by atoms with Gasteiger partial charge < -0.3 is 10.4 Å². The molecule has 52 valence electrons. The van der Waals surface area contributed by atoms with Crippen molar-refractivity contribution in [2.75, 3.05) is 0 Å². The Kier molecular flexibility index (Phi) is 1.08. The Morgan fingerprint density at radius 2 is 2.22 bits per heavy atom. The number of nitrogens with one attached hydrogen (secondary N) is 1. The van der Waals surface area contributed by atoms with E-state index in [0.717, 1.165) is 6.42 Å². The number of fused-ring (bicyclic) bond motifs is 2. The van der Waals surface area contributed by atoms with Crippen molar-refractivity contribution in [2.45, 2.75) is 38.0 Å². The van der Waals surface area contributed by atoms with Crippen LogP contribution in [-0.4, -0.2) is 23.3 Å². The highest BCUT2D eigenvalue weighted by atomic mass is 16.3. The molecular weight excluding hydrogens is 114 g/mol. The predicted octanol–water partition coefficient (Wildman–Crippen LogP) is 0.118. The van der Waals surface area contributed by atoms with Crippen LogP contribution in [0.15, 0.2) is 0 Å². The first-order chi connectivity index (χ1) is 4.27. The molecule has 2 N–H and O–H groups in total. The van der Waals surface area contributed by atoms with Crippen LogP contribution in [-0.2, 0) is 0 Å². The van der Waals surface area contributed by atoms with Gasteiger partial charge in [0.25, 0.3) is 0 Å². The fourth-order valence-electron chi connectivity index (χ4n) is 2.22. The van der Waals surface area contributed by atoms with E-state index >= 15 is 0 Å². The largest absolute Gasteiger partial charge is 0.393 e. The zero-order chi connectivity index (χ0) is 6.43. The number of rotatable bonds is 0. The Morgan fingerprint density at radius 1 is 1.44 bits per heavy atom. The minimum atomic E-state index is -0.00810. The Bertz CT molecular complexity index is 114. The van der Waals surface area contributed by atoms with E-state index < -0.39 is 0 Å². The molecule has 2 nitrogen and oxygen atoms in total. The molecule has 2 rings (SSSR count). The average Bonchev–Trinajstić information content (AvgIpc) is 2.22. The molecule has 2 aliphatic rings. The van der Waals surface area contributed by atoms with Crippen LogP contribution in [0.2, 0.25) is 0 Å². The minimum absolute atomic E-state index is 0.00810. The van der Waals surface area contributed by atoms with Gasteiger partial charge in [-0.3, -0.25) is 0 Å². The highest BCUT2D eigenvalue weighted by Crippen LogP contribution is 2.34. The van der Waals surface area contributed by atoms with Gasteiger partial charge in [0.2, 0.25) is 0 Å².